The monoisotopic (exact) mass is 528 g/mol. The zero-order valence-corrected chi connectivity index (χ0v) is 21.5. The molecule has 0 saturated carbocycles. The molecule has 180 valence electrons. The molecule has 1 unspecified atom stereocenters. The van der Waals surface area contributed by atoms with E-state index in [2.05, 4.69) is 5.32 Å². The summed E-state index contributed by atoms with van der Waals surface area (Å²) in [4.78, 5) is 21.5. The summed E-state index contributed by atoms with van der Waals surface area (Å²) in [5.41, 5.74) is 3.01. The van der Waals surface area contributed by atoms with Gasteiger partial charge < -0.3 is 15.1 Å². The maximum Gasteiger partial charge on any atom is 0.272 e. The molecule has 35 heavy (non-hydrogen) atoms. The summed E-state index contributed by atoms with van der Waals surface area (Å²) in [7, 11) is 1.68. The summed E-state index contributed by atoms with van der Waals surface area (Å²) in [5.74, 6) is -0.620. The van der Waals surface area contributed by atoms with Crippen molar-refractivity contribution in [3.8, 4) is 0 Å². The van der Waals surface area contributed by atoms with E-state index in [0.717, 1.165) is 0 Å². The highest BCUT2D eigenvalue weighted by molar-refractivity contribution is 7.80. The Morgan fingerprint density at radius 3 is 2.54 bits per heavy atom. The number of anilines is 1. The number of hydrogen-bond acceptors (Lipinski definition) is 3. The fourth-order valence-corrected chi connectivity index (χ4v) is 4.58. The quantitative estimate of drug-likeness (QED) is 0.433. The minimum Gasteiger partial charge on any atom is -0.345 e. The zero-order chi connectivity index (χ0) is 25.1. The van der Waals surface area contributed by atoms with Crippen molar-refractivity contribution in [1.29, 1.82) is 0 Å². The van der Waals surface area contributed by atoms with Crippen molar-refractivity contribution in [2.45, 2.75) is 19.6 Å². The minimum atomic E-state index is -1.03. The Hall–Kier alpha value is -3.00. The lowest BCUT2D eigenvalue weighted by Crippen LogP contribution is -2.50. The van der Waals surface area contributed by atoms with Crippen molar-refractivity contribution in [1.82, 2.24) is 10.2 Å². The highest BCUT2D eigenvalue weighted by Crippen LogP contribution is 2.31. The predicted molar refractivity (Wildman–Crippen MR) is 144 cm³/mol. The number of fused-ring (bicyclic) bond motifs is 1. The maximum atomic E-state index is 14.2. The molecule has 1 atom stereocenters. The van der Waals surface area contributed by atoms with Gasteiger partial charge in [-0.15, -0.1) is 0 Å². The van der Waals surface area contributed by atoms with E-state index < -0.39 is 6.17 Å². The van der Waals surface area contributed by atoms with Gasteiger partial charge in [0.15, 0.2) is 5.11 Å². The number of carbonyl (C=O) groups is 1. The summed E-state index contributed by atoms with van der Waals surface area (Å²) < 4.78 is 14.2. The van der Waals surface area contributed by atoms with Gasteiger partial charge in [-0.2, -0.15) is 0 Å². The standard InChI is InChI=1S/C26H23Cl2FN4OS/c1-3-33(15-16-8-4-7-11-21(16)29)26(35)31-24-25(34)32(2)22-13-12-17(27)14-19(22)23(30-24)18-9-5-6-10-20(18)28/h4-14,24H,3,15H2,1-2H3,(H,31,35). The van der Waals surface area contributed by atoms with Crippen molar-refractivity contribution in [3.05, 3.63) is 99.3 Å². The fraction of sp³-hybridized carbons (Fsp3) is 0.192. The third-order valence-corrected chi connectivity index (χ3v) is 6.72. The Balaban J connectivity index is 1.72. The summed E-state index contributed by atoms with van der Waals surface area (Å²) >= 11 is 18.5. The van der Waals surface area contributed by atoms with Crippen LogP contribution in [0.3, 0.4) is 0 Å². The molecule has 1 heterocycles. The lowest BCUT2D eigenvalue weighted by molar-refractivity contribution is -0.119. The van der Waals surface area contributed by atoms with Crippen LogP contribution >= 0.6 is 35.4 Å². The first kappa shape index (κ1) is 25.1. The lowest BCUT2D eigenvalue weighted by Gasteiger charge is -2.27. The first-order chi connectivity index (χ1) is 16.8. The molecule has 3 aromatic rings. The average molecular weight is 529 g/mol. The number of nitrogens with one attached hydrogen (secondary N) is 1. The number of thiocarbonyl (C=S) groups is 1. The maximum absolute atomic E-state index is 14.2. The molecule has 3 aromatic carbocycles. The Labute approximate surface area is 219 Å². The number of benzodiazepines with no additional fused rings is 1. The highest BCUT2D eigenvalue weighted by atomic mass is 35.5. The van der Waals surface area contributed by atoms with Gasteiger partial charge in [0.2, 0.25) is 6.17 Å². The molecule has 1 amide bonds. The summed E-state index contributed by atoms with van der Waals surface area (Å²) in [6.45, 7) is 2.67. The first-order valence-corrected chi connectivity index (χ1v) is 12.2. The summed E-state index contributed by atoms with van der Waals surface area (Å²) in [6.07, 6.45) is -1.03. The van der Waals surface area contributed by atoms with Crippen molar-refractivity contribution in [2.75, 3.05) is 18.5 Å². The number of nitrogens with zero attached hydrogens (tertiary/aromatic N) is 3. The second-order valence-electron chi connectivity index (χ2n) is 7.97. The van der Waals surface area contributed by atoms with Crippen molar-refractivity contribution in [3.63, 3.8) is 0 Å². The van der Waals surface area contributed by atoms with Gasteiger partial charge >= 0.3 is 0 Å². The van der Waals surface area contributed by atoms with Crippen LogP contribution in [0, 0.1) is 5.82 Å². The second kappa shape index (κ2) is 10.7. The van der Waals surface area contributed by atoms with Crippen LogP contribution in [0.5, 0.6) is 0 Å². The van der Waals surface area contributed by atoms with Crippen LogP contribution in [0.2, 0.25) is 10.0 Å². The highest BCUT2D eigenvalue weighted by Gasteiger charge is 2.32. The van der Waals surface area contributed by atoms with E-state index >= 15 is 0 Å². The first-order valence-electron chi connectivity index (χ1n) is 11.0. The molecule has 5 nitrogen and oxygen atoms in total. The van der Waals surface area contributed by atoms with E-state index in [1.165, 1.54) is 11.0 Å². The third kappa shape index (κ3) is 5.32. The van der Waals surface area contributed by atoms with Gasteiger partial charge in [0.1, 0.15) is 5.82 Å². The molecule has 0 bridgehead atoms. The number of rotatable bonds is 5. The van der Waals surface area contributed by atoms with Gasteiger partial charge in [-0.05, 0) is 49.5 Å². The van der Waals surface area contributed by atoms with E-state index in [0.29, 0.717) is 44.7 Å². The topological polar surface area (TPSA) is 47.9 Å². The number of hydrogen-bond donors (Lipinski definition) is 1. The van der Waals surface area contributed by atoms with Crippen molar-refractivity contribution < 1.29 is 9.18 Å². The SMILES string of the molecule is CCN(Cc1ccccc1F)C(=S)NC1N=C(c2ccccc2Cl)c2cc(Cl)ccc2N(C)C1=O. The molecule has 4 rings (SSSR count). The molecule has 1 aliphatic rings. The van der Waals surface area contributed by atoms with Crippen LogP contribution in [0.15, 0.2) is 71.7 Å². The lowest BCUT2D eigenvalue weighted by atomic mass is 10.00. The number of likely N-dealkylation sites (N-methyl/N-ethyl adjacent to an activating group) is 1. The van der Waals surface area contributed by atoms with E-state index in [1.54, 1.807) is 54.4 Å². The molecule has 0 radical (unpaired) electrons. The Kier molecular flexibility index (Phi) is 7.69. The van der Waals surface area contributed by atoms with Gasteiger partial charge in [0, 0.05) is 46.9 Å². The van der Waals surface area contributed by atoms with E-state index in [4.69, 9.17) is 40.4 Å². The Morgan fingerprint density at radius 2 is 1.83 bits per heavy atom. The molecule has 0 saturated heterocycles. The molecule has 0 spiro atoms. The molecular formula is C26H23Cl2FN4OS. The van der Waals surface area contributed by atoms with Crippen LogP contribution < -0.4 is 10.2 Å². The zero-order valence-electron chi connectivity index (χ0n) is 19.1. The molecule has 0 aromatic heterocycles. The van der Waals surface area contributed by atoms with Gasteiger partial charge in [-0.1, -0.05) is 59.6 Å². The summed E-state index contributed by atoms with van der Waals surface area (Å²) in [6, 6.07) is 19.1. The number of amides is 1. The van der Waals surface area contributed by atoms with Gasteiger partial charge in [0.05, 0.1) is 11.4 Å². The molecule has 0 aliphatic carbocycles. The van der Waals surface area contributed by atoms with Crippen LogP contribution in [0.25, 0.3) is 0 Å². The molecule has 0 fully saturated rings. The largest absolute Gasteiger partial charge is 0.345 e. The Bertz CT molecular complexity index is 1320. The van der Waals surface area contributed by atoms with Crippen LogP contribution in [0.4, 0.5) is 10.1 Å². The van der Waals surface area contributed by atoms with Crippen molar-refractivity contribution >= 4 is 57.8 Å². The molecular weight excluding hydrogens is 506 g/mol. The van der Waals surface area contributed by atoms with Gasteiger partial charge in [-0.25, -0.2) is 9.38 Å². The average Bonchev–Trinajstić information content (AvgIpc) is 2.94. The number of benzene rings is 3. The second-order valence-corrected chi connectivity index (χ2v) is 9.20. The molecule has 9 heteroatoms. The van der Waals surface area contributed by atoms with Crippen LogP contribution in [-0.2, 0) is 11.3 Å². The van der Waals surface area contributed by atoms with E-state index in [1.807, 2.05) is 25.1 Å². The fourth-order valence-electron chi connectivity index (χ4n) is 3.88. The van der Waals surface area contributed by atoms with Crippen LogP contribution in [0.1, 0.15) is 23.6 Å². The smallest absolute Gasteiger partial charge is 0.272 e. The number of aliphatic imine (C=N–C) groups is 1. The van der Waals surface area contributed by atoms with E-state index in [9.17, 15) is 9.18 Å². The van der Waals surface area contributed by atoms with E-state index in [-0.39, 0.29) is 23.4 Å². The number of halogens is 3. The normalized spacial score (nSPS) is 15.2. The van der Waals surface area contributed by atoms with Crippen molar-refractivity contribution in [2.24, 2.45) is 4.99 Å². The summed E-state index contributed by atoms with van der Waals surface area (Å²) in [5, 5.41) is 4.36. The van der Waals surface area contributed by atoms with Gasteiger partial charge in [0.25, 0.3) is 5.91 Å². The number of carbonyl (C=O) groups excluding carboxylic acids is 1. The predicted octanol–water partition coefficient (Wildman–Crippen LogP) is 5.67. The molecule has 1 N–H and O–H groups in total. The Morgan fingerprint density at radius 1 is 1.11 bits per heavy atom. The third-order valence-electron chi connectivity index (χ3n) is 5.77. The minimum absolute atomic E-state index is 0.253. The van der Waals surface area contributed by atoms with Crippen LogP contribution in [-0.4, -0.2) is 41.4 Å². The molecule has 1 aliphatic heterocycles. The van der Waals surface area contributed by atoms with Gasteiger partial charge in [-0.3, -0.25) is 4.79 Å².